The molecule has 0 spiro atoms. The third-order valence-electron chi connectivity index (χ3n) is 4.17. The highest BCUT2D eigenvalue weighted by atomic mass is 19.2. The number of halogens is 3. The van der Waals surface area contributed by atoms with Crippen molar-refractivity contribution in [2.75, 3.05) is 20.1 Å². The lowest BCUT2D eigenvalue weighted by molar-refractivity contribution is 0.211. The van der Waals surface area contributed by atoms with E-state index in [0.29, 0.717) is 11.5 Å². The summed E-state index contributed by atoms with van der Waals surface area (Å²) in [6.07, 6.45) is 4.86. The van der Waals surface area contributed by atoms with Crippen LogP contribution in [0.15, 0.2) is 12.1 Å². The van der Waals surface area contributed by atoms with Gasteiger partial charge in [-0.2, -0.15) is 0 Å². The second kappa shape index (κ2) is 6.59. The fraction of sp³-hybridized carbons (Fsp3) is 0.600. The second-order valence-electron chi connectivity index (χ2n) is 5.64. The van der Waals surface area contributed by atoms with Crippen molar-refractivity contribution in [1.82, 2.24) is 4.90 Å². The Labute approximate surface area is 117 Å². The lowest BCUT2D eigenvalue weighted by Gasteiger charge is -2.29. The zero-order valence-corrected chi connectivity index (χ0v) is 11.7. The van der Waals surface area contributed by atoms with Crippen molar-refractivity contribution < 1.29 is 13.2 Å². The van der Waals surface area contributed by atoms with E-state index in [4.69, 9.17) is 5.73 Å². The van der Waals surface area contributed by atoms with E-state index in [9.17, 15) is 13.2 Å². The molecule has 0 bridgehead atoms. The van der Waals surface area contributed by atoms with E-state index in [0.717, 1.165) is 18.7 Å². The standard InChI is InChI=1S/C15H21F3N2/c1-20(9-10-4-2-3-5-10)14(8-19)11-6-12(16)15(18)13(17)7-11/h6-7,10,14H,2-5,8-9,19H2,1H3. The van der Waals surface area contributed by atoms with Crippen LogP contribution in [0.5, 0.6) is 0 Å². The van der Waals surface area contributed by atoms with Crippen LogP contribution >= 0.6 is 0 Å². The highest BCUT2D eigenvalue weighted by Crippen LogP contribution is 2.29. The molecule has 112 valence electrons. The van der Waals surface area contributed by atoms with Crippen LogP contribution in [0.25, 0.3) is 0 Å². The van der Waals surface area contributed by atoms with Crippen LogP contribution in [0.4, 0.5) is 13.2 Å². The molecule has 0 amide bonds. The summed E-state index contributed by atoms with van der Waals surface area (Å²) in [6, 6.07) is 1.79. The van der Waals surface area contributed by atoms with Gasteiger partial charge in [-0.15, -0.1) is 0 Å². The van der Waals surface area contributed by atoms with Gasteiger partial charge < -0.3 is 5.73 Å². The molecule has 5 heteroatoms. The molecule has 20 heavy (non-hydrogen) atoms. The van der Waals surface area contributed by atoms with Crippen LogP contribution in [-0.2, 0) is 0 Å². The maximum Gasteiger partial charge on any atom is 0.194 e. The first-order chi connectivity index (χ1) is 9.52. The first-order valence-corrected chi connectivity index (χ1v) is 7.07. The Bertz CT molecular complexity index is 435. The van der Waals surface area contributed by atoms with Crippen molar-refractivity contribution in [1.29, 1.82) is 0 Å². The van der Waals surface area contributed by atoms with Crippen molar-refractivity contribution in [2.24, 2.45) is 11.7 Å². The van der Waals surface area contributed by atoms with Crippen LogP contribution in [0.1, 0.15) is 37.3 Å². The molecule has 1 aromatic rings. The summed E-state index contributed by atoms with van der Waals surface area (Å²) in [5.74, 6) is -3.13. The Morgan fingerprint density at radius 1 is 1.20 bits per heavy atom. The number of hydrogen-bond donors (Lipinski definition) is 1. The molecule has 1 aromatic carbocycles. The number of nitrogens with two attached hydrogens (primary N) is 1. The summed E-state index contributed by atoms with van der Waals surface area (Å²) in [5.41, 5.74) is 6.13. The minimum Gasteiger partial charge on any atom is -0.329 e. The molecule has 2 N–H and O–H groups in total. The summed E-state index contributed by atoms with van der Waals surface area (Å²) in [5, 5.41) is 0. The third-order valence-corrected chi connectivity index (χ3v) is 4.17. The maximum absolute atomic E-state index is 13.3. The lowest BCUT2D eigenvalue weighted by atomic mass is 10.0. The minimum absolute atomic E-state index is 0.244. The van der Waals surface area contributed by atoms with Crippen LogP contribution < -0.4 is 5.73 Å². The molecule has 2 nitrogen and oxygen atoms in total. The third kappa shape index (κ3) is 3.33. The Hall–Kier alpha value is -1.07. The maximum atomic E-state index is 13.3. The molecular formula is C15H21F3N2. The molecule has 2 rings (SSSR count). The summed E-state index contributed by atoms with van der Waals surface area (Å²) in [7, 11) is 1.90. The molecule has 1 aliphatic carbocycles. The quantitative estimate of drug-likeness (QED) is 0.842. The Balaban J connectivity index is 2.14. The normalized spacial score (nSPS) is 17.9. The van der Waals surface area contributed by atoms with Gasteiger partial charge in [0.2, 0.25) is 0 Å². The molecule has 0 radical (unpaired) electrons. The monoisotopic (exact) mass is 286 g/mol. The average Bonchev–Trinajstić information content (AvgIpc) is 2.89. The van der Waals surface area contributed by atoms with Gasteiger partial charge in [0.05, 0.1) is 0 Å². The average molecular weight is 286 g/mol. The summed E-state index contributed by atoms with van der Waals surface area (Å²) >= 11 is 0. The van der Waals surface area contributed by atoms with E-state index < -0.39 is 17.5 Å². The van der Waals surface area contributed by atoms with E-state index in [1.165, 1.54) is 25.7 Å². The van der Waals surface area contributed by atoms with Crippen LogP contribution in [-0.4, -0.2) is 25.0 Å². The van der Waals surface area contributed by atoms with Gasteiger partial charge in [-0.1, -0.05) is 12.8 Å². The van der Waals surface area contributed by atoms with Crippen molar-refractivity contribution in [3.05, 3.63) is 35.1 Å². The smallest absolute Gasteiger partial charge is 0.194 e. The molecule has 1 aliphatic rings. The molecule has 1 saturated carbocycles. The van der Waals surface area contributed by atoms with E-state index in [1.54, 1.807) is 0 Å². The second-order valence-corrected chi connectivity index (χ2v) is 5.64. The van der Waals surface area contributed by atoms with E-state index in [1.807, 2.05) is 11.9 Å². The fourth-order valence-electron chi connectivity index (χ4n) is 3.07. The first-order valence-electron chi connectivity index (χ1n) is 7.07. The van der Waals surface area contributed by atoms with Gasteiger partial charge in [-0.25, -0.2) is 13.2 Å². The van der Waals surface area contributed by atoms with Crippen LogP contribution in [0.3, 0.4) is 0 Å². The Morgan fingerprint density at radius 3 is 2.25 bits per heavy atom. The van der Waals surface area contributed by atoms with Crippen LogP contribution in [0, 0.1) is 23.4 Å². The number of benzene rings is 1. The van der Waals surface area contributed by atoms with Crippen LogP contribution in [0.2, 0.25) is 0 Å². The largest absolute Gasteiger partial charge is 0.329 e. The molecule has 0 saturated heterocycles. The van der Waals surface area contributed by atoms with Gasteiger partial charge in [0, 0.05) is 19.1 Å². The summed E-state index contributed by atoms with van der Waals surface area (Å²) in [6.45, 7) is 1.09. The number of hydrogen-bond acceptors (Lipinski definition) is 2. The number of likely N-dealkylation sites (N-methyl/N-ethyl adjacent to an activating group) is 1. The topological polar surface area (TPSA) is 29.3 Å². The van der Waals surface area contributed by atoms with E-state index >= 15 is 0 Å². The molecule has 1 atom stereocenters. The van der Waals surface area contributed by atoms with Gasteiger partial charge in [-0.3, -0.25) is 4.90 Å². The zero-order valence-electron chi connectivity index (χ0n) is 11.7. The molecule has 0 aromatic heterocycles. The van der Waals surface area contributed by atoms with Crippen molar-refractivity contribution in [2.45, 2.75) is 31.7 Å². The molecule has 1 unspecified atom stereocenters. The molecule has 0 aliphatic heterocycles. The minimum atomic E-state index is -1.43. The molecule has 0 heterocycles. The predicted octanol–water partition coefficient (Wildman–Crippen LogP) is 3.23. The van der Waals surface area contributed by atoms with Gasteiger partial charge in [0.15, 0.2) is 17.5 Å². The predicted molar refractivity (Wildman–Crippen MR) is 72.7 cm³/mol. The van der Waals surface area contributed by atoms with Crippen molar-refractivity contribution in [3.63, 3.8) is 0 Å². The van der Waals surface area contributed by atoms with Gasteiger partial charge >= 0.3 is 0 Å². The van der Waals surface area contributed by atoms with Crippen molar-refractivity contribution >= 4 is 0 Å². The number of nitrogens with zero attached hydrogens (tertiary/aromatic N) is 1. The Kier molecular flexibility index (Phi) is 5.05. The Morgan fingerprint density at radius 2 is 1.75 bits per heavy atom. The zero-order chi connectivity index (χ0) is 14.7. The van der Waals surface area contributed by atoms with Gasteiger partial charge in [-0.05, 0) is 43.5 Å². The summed E-state index contributed by atoms with van der Waals surface area (Å²) < 4.78 is 39.7. The molecule has 1 fully saturated rings. The molecular weight excluding hydrogens is 265 g/mol. The SMILES string of the molecule is CN(CC1CCCC1)C(CN)c1cc(F)c(F)c(F)c1. The van der Waals surface area contributed by atoms with E-state index in [-0.39, 0.29) is 12.6 Å². The van der Waals surface area contributed by atoms with Crippen molar-refractivity contribution in [3.8, 4) is 0 Å². The lowest BCUT2D eigenvalue weighted by Crippen LogP contribution is -2.34. The highest BCUT2D eigenvalue weighted by molar-refractivity contribution is 5.23. The number of rotatable bonds is 5. The van der Waals surface area contributed by atoms with Gasteiger partial charge in [0.1, 0.15) is 0 Å². The first kappa shape index (κ1) is 15.3. The van der Waals surface area contributed by atoms with Gasteiger partial charge in [0.25, 0.3) is 0 Å². The van der Waals surface area contributed by atoms with E-state index in [2.05, 4.69) is 0 Å². The fourth-order valence-corrected chi connectivity index (χ4v) is 3.07. The highest BCUT2D eigenvalue weighted by Gasteiger charge is 2.23. The summed E-state index contributed by atoms with van der Waals surface area (Å²) in [4.78, 5) is 2.02.